The van der Waals surface area contributed by atoms with E-state index in [0.29, 0.717) is 24.2 Å². The highest BCUT2D eigenvalue weighted by Crippen LogP contribution is 2.25. The molecule has 1 unspecified atom stereocenters. The number of aryl methyl sites for hydroxylation is 1. The molecular formula is C16H22ClN3O3. The summed E-state index contributed by atoms with van der Waals surface area (Å²) in [6.45, 7) is 7.33. The molecule has 7 heteroatoms. The van der Waals surface area contributed by atoms with Gasteiger partial charge in [0.15, 0.2) is 0 Å². The van der Waals surface area contributed by atoms with Crippen LogP contribution >= 0.6 is 12.4 Å². The summed E-state index contributed by atoms with van der Waals surface area (Å²) in [5.41, 5.74) is 1.64. The van der Waals surface area contributed by atoms with Crippen molar-refractivity contribution in [3.63, 3.8) is 0 Å². The van der Waals surface area contributed by atoms with Gasteiger partial charge in [-0.05, 0) is 32.5 Å². The standard InChI is InChI=1S/C16H21N3O3.ClH/c1-4-17-7-8-18-14(20)11(3)19-15(21)12-6-5-10(2)9-13(12)16(19)22;/h5-6,9,11,17H,4,7-8H2,1-3H3,(H,18,20);1H. The SMILES string of the molecule is CCNCCNC(=O)C(C)N1C(=O)c2ccc(C)cc2C1=O.Cl. The van der Waals surface area contributed by atoms with E-state index in [4.69, 9.17) is 0 Å². The first-order valence-electron chi connectivity index (χ1n) is 7.44. The van der Waals surface area contributed by atoms with Gasteiger partial charge in [0.05, 0.1) is 11.1 Å². The summed E-state index contributed by atoms with van der Waals surface area (Å²) in [5, 5.41) is 5.81. The predicted molar refractivity (Wildman–Crippen MR) is 89.9 cm³/mol. The van der Waals surface area contributed by atoms with Crippen LogP contribution in [0.5, 0.6) is 0 Å². The number of imide groups is 1. The van der Waals surface area contributed by atoms with Crippen LogP contribution < -0.4 is 10.6 Å². The van der Waals surface area contributed by atoms with Gasteiger partial charge in [-0.25, -0.2) is 0 Å². The Morgan fingerprint density at radius 3 is 2.48 bits per heavy atom. The van der Waals surface area contributed by atoms with Gasteiger partial charge in [-0.3, -0.25) is 19.3 Å². The van der Waals surface area contributed by atoms with E-state index in [1.807, 2.05) is 13.8 Å². The minimum Gasteiger partial charge on any atom is -0.353 e. The lowest BCUT2D eigenvalue weighted by molar-refractivity contribution is -0.124. The van der Waals surface area contributed by atoms with Crippen LogP contribution in [0.2, 0.25) is 0 Å². The lowest BCUT2D eigenvalue weighted by atomic mass is 10.1. The maximum Gasteiger partial charge on any atom is 0.262 e. The largest absolute Gasteiger partial charge is 0.353 e. The Bertz CT molecular complexity index is 619. The Morgan fingerprint density at radius 2 is 1.83 bits per heavy atom. The predicted octanol–water partition coefficient (Wildman–Crippen LogP) is 1.13. The number of amides is 3. The molecule has 2 rings (SSSR count). The summed E-state index contributed by atoms with van der Waals surface area (Å²) in [6.07, 6.45) is 0. The van der Waals surface area contributed by atoms with Crippen molar-refractivity contribution in [3.05, 3.63) is 34.9 Å². The van der Waals surface area contributed by atoms with Crippen LogP contribution in [0.15, 0.2) is 18.2 Å². The first-order valence-corrected chi connectivity index (χ1v) is 7.44. The zero-order valence-electron chi connectivity index (χ0n) is 13.5. The fourth-order valence-corrected chi connectivity index (χ4v) is 2.44. The third-order valence-corrected chi connectivity index (χ3v) is 3.69. The molecule has 1 aromatic rings. The molecule has 0 aliphatic carbocycles. The summed E-state index contributed by atoms with van der Waals surface area (Å²) in [4.78, 5) is 37.9. The summed E-state index contributed by atoms with van der Waals surface area (Å²) in [6, 6.07) is 4.29. The van der Waals surface area contributed by atoms with Crippen LogP contribution in [0.1, 0.15) is 40.1 Å². The molecular weight excluding hydrogens is 318 g/mol. The Kier molecular flexibility index (Phi) is 6.72. The number of nitrogens with one attached hydrogen (secondary N) is 2. The molecule has 1 aromatic carbocycles. The Hall–Kier alpha value is -1.92. The zero-order chi connectivity index (χ0) is 16.3. The molecule has 0 spiro atoms. The first kappa shape index (κ1) is 19.1. The molecule has 1 atom stereocenters. The highest BCUT2D eigenvalue weighted by molar-refractivity contribution is 6.22. The minimum atomic E-state index is -0.825. The molecule has 0 aromatic heterocycles. The third-order valence-electron chi connectivity index (χ3n) is 3.69. The Balaban J connectivity index is 0.00000264. The number of halogens is 1. The van der Waals surface area contributed by atoms with E-state index in [0.717, 1.165) is 17.0 Å². The summed E-state index contributed by atoms with van der Waals surface area (Å²) in [5.74, 6) is -1.14. The van der Waals surface area contributed by atoms with Crippen molar-refractivity contribution in [2.75, 3.05) is 19.6 Å². The number of carbonyl (C=O) groups is 3. The van der Waals surface area contributed by atoms with Crippen LogP contribution in [-0.2, 0) is 4.79 Å². The van der Waals surface area contributed by atoms with E-state index < -0.39 is 17.9 Å². The molecule has 3 amide bonds. The smallest absolute Gasteiger partial charge is 0.262 e. The number of rotatable bonds is 6. The highest BCUT2D eigenvalue weighted by Gasteiger charge is 2.40. The molecule has 1 aliphatic rings. The van der Waals surface area contributed by atoms with Crippen molar-refractivity contribution < 1.29 is 14.4 Å². The molecule has 126 valence electrons. The molecule has 23 heavy (non-hydrogen) atoms. The molecule has 2 N–H and O–H groups in total. The molecule has 0 saturated carbocycles. The topological polar surface area (TPSA) is 78.5 Å². The van der Waals surface area contributed by atoms with Crippen LogP contribution in [0.25, 0.3) is 0 Å². The summed E-state index contributed by atoms with van der Waals surface area (Å²) >= 11 is 0. The molecule has 0 saturated heterocycles. The van der Waals surface area contributed by atoms with Crippen molar-refractivity contribution in [2.45, 2.75) is 26.8 Å². The average Bonchev–Trinajstić information content (AvgIpc) is 2.74. The second-order valence-corrected chi connectivity index (χ2v) is 5.35. The Labute approximate surface area is 142 Å². The summed E-state index contributed by atoms with van der Waals surface area (Å²) in [7, 11) is 0. The molecule has 1 heterocycles. The van der Waals surface area contributed by atoms with E-state index in [2.05, 4.69) is 10.6 Å². The van der Waals surface area contributed by atoms with Crippen LogP contribution in [0, 0.1) is 6.92 Å². The van der Waals surface area contributed by atoms with Gasteiger partial charge in [0.1, 0.15) is 6.04 Å². The van der Waals surface area contributed by atoms with Crippen LogP contribution in [0.4, 0.5) is 0 Å². The van der Waals surface area contributed by atoms with Gasteiger partial charge in [0.25, 0.3) is 11.8 Å². The molecule has 1 aliphatic heterocycles. The number of fused-ring (bicyclic) bond motifs is 1. The molecule has 0 radical (unpaired) electrons. The number of hydrogen-bond acceptors (Lipinski definition) is 4. The van der Waals surface area contributed by atoms with Crippen molar-refractivity contribution in [3.8, 4) is 0 Å². The van der Waals surface area contributed by atoms with E-state index in [9.17, 15) is 14.4 Å². The fourth-order valence-electron chi connectivity index (χ4n) is 2.44. The number of benzene rings is 1. The zero-order valence-corrected chi connectivity index (χ0v) is 14.3. The van der Waals surface area contributed by atoms with Gasteiger partial charge in [0.2, 0.25) is 5.91 Å². The van der Waals surface area contributed by atoms with Crippen LogP contribution in [0.3, 0.4) is 0 Å². The van der Waals surface area contributed by atoms with E-state index in [1.165, 1.54) is 0 Å². The van der Waals surface area contributed by atoms with E-state index in [-0.39, 0.29) is 18.3 Å². The quantitative estimate of drug-likeness (QED) is 0.601. The van der Waals surface area contributed by atoms with E-state index in [1.54, 1.807) is 25.1 Å². The number of likely N-dealkylation sites (N-methyl/N-ethyl adjacent to an activating group) is 1. The van der Waals surface area contributed by atoms with Crippen LogP contribution in [-0.4, -0.2) is 48.3 Å². The lowest BCUT2D eigenvalue weighted by Gasteiger charge is -2.21. The minimum absolute atomic E-state index is 0. The van der Waals surface area contributed by atoms with E-state index >= 15 is 0 Å². The number of nitrogens with zero attached hydrogens (tertiary/aromatic N) is 1. The lowest BCUT2D eigenvalue weighted by Crippen LogP contribution is -2.48. The van der Waals surface area contributed by atoms with Gasteiger partial charge in [-0.15, -0.1) is 12.4 Å². The monoisotopic (exact) mass is 339 g/mol. The molecule has 0 bridgehead atoms. The third kappa shape index (κ3) is 3.89. The number of hydrogen-bond donors (Lipinski definition) is 2. The summed E-state index contributed by atoms with van der Waals surface area (Å²) < 4.78 is 0. The second-order valence-electron chi connectivity index (χ2n) is 5.35. The van der Waals surface area contributed by atoms with Gasteiger partial charge in [-0.1, -0.05) is 18.6 Å². The number of carbonyl (C=O) groups excluding carboxylic acids is 3. The van der Waals surface area contributed by atoms with Gasteiger partial charge in [-0.2, -0.15) is 0 Å². The maximum atomic E-state index is 12.4. The average molecular weight is 340 g/mol. The highest BCUT2D eigenvalue weighted by atomic mass is 35.5. The first-order chi connectivity index (χ1) is 10.5. The van der Waals surface area contributed by atoms with Gasteiger partial charge < -0.3 is 10.6 Å². The van der Waals surface area contributed by atoms with Crippen molar-refractivity contribution >= 4 is 30.1 Å². The van der Waals surface area contributed by atoms with Crippen molar-refractivity contribution in [1.82, 2.24) is 15.5 Å². The van der Waals surface area contributed by atoms with Crippen molar-refractivity contribution in [2.24, 2.45) is 0 Å². The van der Waals surface area contributed by atoms with Gasteiger partial charge >= 0.3 is 0 Å². The van der Waals surface area contributed by atoms with Crippen molar-refractivity contribution in [1.29, 1.82) is 0 Å². The molecule has 0 fully saturated rings. The molecule has 6 nitrogen and oxygen atoms in total. The maximum absolute atomic E-state index is 12.4. The van der Waals surface area contributed by atoms with Gasteiger partial charge in [0, 0.05) is 13.1 Å². The second kappa shape index (κ2) is 8.08. The fraction of sp³-hybridized carbons (Fsp3) is 0.438. The normalized spacial score (nSPS) is 14.3. The Morgan fingerprint density at radius 1 is 1.17 bits per heavy atom.